The normalized spacial score (nSPS) is 20.2. The van der Waals surface area contributed by atoms with Gasteiger partial charge in [-0.15, -0.1) is 0 Å². The Balaban J connectivity index is 1.50. The molecule has 2 aliphatic rings. The molecule has 2 atom stereocenters. The molecular formula is C20H23FN4O2. The summed E-state index contributed by atoms with van der Waals surface area (Å²) in [7, 11) is 0. The summed E-state index contributed by atoms with van der Waals surface area (Å²) in [4.78, 5) is 24.0. The smallest absolute Gasteiger partial charge is 0.263 e. The lowest BCUT2D eigenvalue weighted by molar-refractivity contribution is -0.139. The zero-order chi connectivity index (χ0) is 18.8. The summed E-state index contributed by atoms with van der Waals surface area (Å²) in [5, 5.41) is 3.31. The van der Waals surface area contributed by atoms with Crippen LogP contribution >= 0.6 is 0 Å². The number of halogens is 1. The van der Waals surface area contributed by atoms with Crippen LogP contribution in [-0.2, 0) is 17.8 Å². The molecule has 142 valence electrons. The number of hydrogen-bond acceptors (Lipinski definition) is 5. The first-order chi connectivity index (χ1) is 13.1. The number of ether oxygens (including phenoxy) is 1. The van der Waals surface area contributed by atoms with E-state index in [9.17, 15) is 9.18 Å². The third-order valence-corrected chi connectivity index (χ3v) is 5.15. The minimum Gasteiger partial charge on any atom is -0.478 e. The van der Waals surface area contributed by atoms with Gasteiger partial charge in [0, 0.05) is 43.5 Å². The molecule has 1 N–H and O–H groups in total. The molecule has 0 aliphatic carbocycles. The number of nitrogens with zero attached hydrogens (tertiary/aromatic N) is 3. The van der Waals surface area contributed by atoms with E-state index in [4.69, 9.17) is 9.72 Å². The summed E-state index contributed by atoms with van der Waals surface area (Å²) in [6.07, 6.45) is 3.69. The van der Waals surface area contributed by atoms with Gasteiger partial charge < -0.3 is 15.0 Å². The maximum atomic E-state index is 13.8. The number of benzene rings is 1. The van der Waals surface area contributed by atoms with Gasteiger partial charge in [0.1, 0.15) is 0 Å². The maximum Gasteiger partial charge on any atom is 0.263 e. The molecule has 4 rings (SSSR count). The fraction of sp³-hybridized carbons (Fsp3) is 0.450. The van der Waals surface area contributed by atoms with Gasteiger partial charge >= 0.3 is 0 Å². The van der Waals surface area contributed by atoms with Crippen LogP contribution in [0.2, 0.25) is 0 Å². The van der Waals surface area contributed by atoms with E-state index in [0.29, 0.717) is 12.4 Å². The van der Waals surface area contributed by atoms with E-state index in [1.165, 1.54) is 12.1 Å². The first kappa shape index (κ1) is 17.9. The van der Waals surface area contributed by atoms with Crippen LogP contribution in [0.25, 0.3) is 0 Å². The Labute approximate surface area is 157 Å². The number of hydrogen-bond donors (Lipinski definition) is 1. The van der Waals surface area contributed by atoms with Crippen molar-refractivity contribution in [2.24, 2.45) is 0 Å². The van der Waals surface area contributed by atoms with Gasteiger partial charge in [-0.1, -0.05) is 12.1 Å². The van der Waals surface area contributed by atoms with Crippen molar-refractivity contribution in [1.29, 1.82) is 0 Å². The number of likely N-dealkylation sites (tertiary alicyclic amines) is 1. The van der Waals surface area contributed by atoms with Crippen LogP contribution in [0, 0.1) is 5.82 Å². The van der Waals surface area contributed by atoms with Crippen molar-refractivity contribution in [2.75, 3.05) is 13.1 Å². The van der Waals surface area contributed by atoms with Gasteiger partial charge in [0.15, 0.2) is 23.5 Å². The molecule has 0 saturated carbocycles. The molecular weight excluding hydrogens is 347 g/mol. The number of rotatable bonds is 4. The van der Waals surface area contributed by atoms with Gasteiger partial charge in [0.05, 0.1) is 6.04 Å². The van der Waals surface area contributed by atoms with Crippen molar-refractivity contribution >= 4 is 5.91 Å². The standard InChI is InChI=1S/C20H23FN4O2/c1-13(27-18-7-3-2-5-15(18)21)20(26)25-10-4-6-17(25)19-23-12-14-11-22-9-8-16(14)24-19/h2-3,5,7,12-13,17,22H,4,6,8-11H2,1H3/t13-,17+/m1/s1. The number of aromatic nitrogens is 2. The molecule has 0 spiro atoms. The Hall–Kier alpha value is -2.54. The van der Waals surface area contributed by atoms with E-state index in [1.54, 1.807) is 24.0 Å². The Morgan fingerprint density at radius 1 is 1.41 bits per heavy atom. The number of carbonyl (C=O) groups is 1. The SMILES string of the molecule is C[C@@H](Oc1ccccc1F)C(=O)N1CCC[C@H]1c1ncc2c(n1)CCNC2. The topological polar surface area (TPSA) is 67.3 Å². The molecule has 7 heteroatoms. The third kappa shape index (κ3) is 3.64. The van der Waals surface area contributed by atoms with Crippen molar-refractivity contribution in [3.05, 3.63) is 53.4 Å². The number of carbonyl (C=O) groups excluding carboxylic acids is 1. The highest BCUT2D eigenvalue weighted by Gasteiger charge is 2.35. The number of amides is 1. The molecule has 3 heterocycles. The molecule has 0 unspecified atom stereocenters. The van der Waals surface area contributed by atoms with Crippen LogP contribution < -0.4 is 10.1 Å². The Kier molecular flexibility index (Phi) is 5.03. The van der Waals surface area contributed by atoms with Crippen molar-refractivity contribution in [3.8, 4) is 5.75 Å². The lowest BCUT2D eigenvalue weighted by Gasteiger charge is -2.27. The molecule has 1 aromatic carbocycles. The first-order valence-corrected chi connectivity index (χ1v) is 9.40. The molecule has 27 heavy (non-hydrogen) atoms. The predicted octanol–water partition coefficient (Wildman–Crippen LogP) is 2.39. The molecule has 1 saturated heterocycles. The fourth-order valence-electron chi connectivity index (χ4n) is 3.73. The van der Waals surface area contributed by atoms with Gasteiger partial charge in [-0.05, 0) is 31.9 Å². The second kappa shape index (κ2) is 7.60. The second-order valence-electron chi connectivity index (χ2n) is 7.01. The van der Waals surface area contributed by atoms with Crippen molar-refractivity contribution < 1.29 is 13.9 Å². The first-order valence-electron chi connectivity index (χ1n) is 9.40. The summed E-state index contributed by atoms with van der Waals surface area (Å²) >= 11 is 0. The molecule has 2 aromatic rings. The minimum absolute atomic E-state index is 0.0895. The summed E-state index contributed by atoms with van der Waals surface area (Å²) in [6, 6.07) is 5.98. The quantitative estimate of drug-likeness (QED) is 0.895. The molecule has 1 aromatic heterocycles. The summed E-state index contributed by atoms with van der Waals surface area (Å²) in [6.45, 7) is 3.99. The van der Waals surface area contributed by atoms with Crippen LogP contribution in [0.1, 0.15) is 42.9 Å². The summed E-state index contributed by atoms with van der Waals surface area (Å²) < 4.78 is 19.4. The molecule has 1 fully saturated rings. The van der Waals surface area contributed by atoms with Gasteiger partial charge in [-0.25, -0.2) is 14.4 Å². The van der Waals surface area contributed by atoms with Crippen LogP contribution in [0.4, 0.5) is 4.39 Å². The number of para-hydroxylation sites is 1. The van der Waals surface area contributed by atoms with Crippen LogP contribution in [0.15, 0.2) is 30.5 Å². The van der Waals surface area contributed by atoms with Gasteiger partial charge in [-0.3, -0.25) is 4.79 Å². The molecule has 0 radical (unpaired) electrons. The maximum absolute atomic E-state index is 13.8. The lowest BCUT2D eigenvalue weighted by atomic mass is 10.1. The van der Waals surface area contributed by atoms with Gasteiger partial charge in [0.25, 0.3) is 5.91 Å². The van der Waals surface area contributed by atoms with Crippen LogP contribution in [0.3, 0.4) is 0 Å². The van der Waals surface area contributed by atoms with Gasteiger partial charge in [-0.2, -0.15) is 0 Å². The molecule has 2 aliphatic heterocycles. The zero-order valence-corrected chi connectivity index (χ0v) is 15.3. The van der Waals surface area contributed by atoms with Gasteiger partial charge in [0.2, 0.25) is 0 Å². The monoisotopic (exact) mass is 370 g/mol. The average Bonchev–Trinajstić information content (AvgIpc) is 3.18. The largest absolute Gasteiger partial charge is 0.478 e. The molecule has 1 amide bonds. The number of nitrogens with one attached hydrogen (secondary N) is 1. The zero-order valence-electron chi connectivity index (χ0n) is 15.3. The van der Waals surface area contributed by atoms with E-state index in [2.05, 4.69) is 10.3 Å². The Morgan fingerprint density at radius 2 is 2.26 bits per heavy atom. The highest BCUT2D eigenvalue weighted by Crippen LogP contribution is 2.31. The highest BCUT2D eigenvalue weighted by atomic mass is 19.1. The van der Waals surface area contributed by atoms with E-state index >= 15 is 0 Å². The van der Waals surface area contributed by atoms with E-state index < -0.39 is 11.9 Å². The van der Waals surface area contributed by atoms with Crippen molar-refractivity contribution in [1.82, 2.24) is 20.2 Å². The number of fused-ring (bicyclic) bond motifs is 1. The van der Waals surface area contributed by atoms with E-state index in [0.717, 1.165) is 43.6 Å². The Bertz CT molecular complexity index is 844. The molecule has 0 bridgehead atoms. The summed E-state index contributed by atoms with van der Waals surface area (Å²) in [5.74, 6) is 0.150. The van der Waals surface area contributed by atoms with Crippen molar-refractivity contribution in [3.63, 3.8) is 0 Å². The van der Waals surface area contributed by atoms with E-state index in [-0.39, 0.29) is 17.7 Å². The summed E-state index contributed by atoms with van der Waals surface area (Å²) in [5.41, 5.74) is 2.19. The minimum atomic E-state index is -0.774. The van der Waals surface area contributed by atoms with E-state index in [1.807, 2.05) is 6.20 Å². The lowest BCUT2D eigenvalue weighted by Crippen LogP contribution is -2.40. The Morgan fingerprint density at radius 3 is 3.11 bits per heavy atom. The molecule has 6 nitrogen and oxygen atoms in total. The predicted molar refractivity (Wildman–Crippen MR) is 97.6 cm³/mol. The fourth-order valence-corrected chi connectivity index (χ4v) is 3.73. The van der Waals surface area contributed by atoms with Crippen molar-refractivity contribution in [2.45, 2.75) is 44.9 Å². The van der Waals surface area contributed by atoms with Crippen LogP contribution in [0.5, 0.6) is 5.75 Å². The second-order valence-corrected chi connectivity index (χ2v) is 7.01. The highest BCUT2D eigenvalue weighted by molar-refractivity contribution is 5.81. The third-order valence-electron chi connectivity index (χ3n) is 5.15. The van der Waals surface area contributed by atoms with Crippen LogP contribution in [-0.4, -0.2) is 40.0 Å². The average molecular weight is 370 g/mol.